The molecule has 1 rings (SSSR count). The topological polar surface area (TPSA) is 43.8 Å². The number of carbonyl (C=O) groups excluding carboxylic acids is 1. The van der Waals surface area contributed by atoms with Gasteiger partial charge in [-0.25, -0.2) is 4.79 Å². The Morgan fingerprint density at radius 1 is 1.50 bits per heavy atom. The van der Waals surface area contributed by atoms with Crippen molar-refractivity contribution in [3.8, 4) is 0 Å². The molecular weight excluding hydrogens is 156 g/mol. The standard InChI is InChI=1S/C8H16N2O2/c1-7(2)10-4-3-9(5-6-11)8(10)12/h7,11H,3-6H2,1-2H3. The lowest BCUT2D eigenvalue weighted by atomic mass is 10.3. The monoisotopic (exact) mass is 172 g/mol. The summed E-state index contributed by atoms with van der Waals surface area (Å²) in [5.41, 5.74) is 0. The van der Waals surface area contributed by atoms with Gasteiger partial charge in [0.1, 0.15) is 0 Å². The third-order valence-electron chi connectivity index (χ3n) is 2.12. The maximum atomic E-state index is 11.5. The Kier molecular flexibility index (Phi) is 2.92. The van der Waals surface area contributed by atoms with Crippen LogP contribution in [0.25, 0.3) is 0 Å². The number of rotatable bonds is 3. The Morgan fingerprint density at radius 2 is 2.17 bits per heavy atom. The average molecular weight is 172 g/mol. The summed E-state index contributed by atoms with van der Waals surface area (Å²) in [6, 6.07) is 0.320. The minimum Gasteiger partial charge on any atom is -0.395 e. The van der Waals surface area contributed by atoms with Gasteiger partial charge in [-0.2, -0.15) is 0 Å². The summed E-state index contributed by atoms with van der Waals surface area (Å²) in [6.07, 6.45) is 0. The summed E-state index contributed by atoms with van der Waals surface area (Å²) in [7, 11) is 0. The maximum absolute atomic E-state index is 11.5. The first-order valence-corrected chi connectivity index (χ1v) is 4.33. The van der Waals surface area contributed by atoms with Crippen molar-refractivity contribution in [2.45, 2.75) is 19.9 Å². The van der Waals surface area contributed by atoms with Crippen molar-refractivity contribution < 1.29 is 9.90 Å². The third kappa shape index (κ3) is 1.69. The fourth-order valence-corrected chi connectivity index (χ4v) is 1.41. The number of hydrogen-bond donors (Lipinski definition) is 1. The number of hydrogen-bond acceptors (Lipinski definition) is 2. The molecule has 1 aliphatic rings. The molecule has 1 saturated heterocycles. The second-order valence-electron chi connectivity index (χ2n) is 3.28. The van der Waals surface area contributed by atoms with Crippen LogP contribution in [0.1, 0.15) is 13.8 Å². The van der Waals surface area contributed by atoms with Gasteiger partial charge in [-0.05, 0) is 13.8 Å². The summed E-state index contributed by atoms with van der Waals surface area (Å²) in [6.45, 7) is 6.05. The smallest absolute Gasteiger partial charge is 0.320 e. The Labute approximate surface area is 72.8 Å². The van der Waals surface area contributed by atoms with E-state index in [9.17, 15) is 4.79 Å². The summed E-state index contributed by atoms with van der Waals surface area (Å²) in [5.74, 6) is 0. The van der Waals surface area contributed by atoms with E-state index < -0.39 is 0 Å². The Morgan fingerprint density at radius 3 is 2.58 bits per heavy atom. The zero-order chi connectivity index (χ0) is 9.14. The highest BCUT2D eigenvalue weighted by Gasteiger charge is 2.29. The number of nitrogens with zero attached hydrogens (tertiary/aromatic N) is 2. The summed E-state index contributed by atoms with van der Waals surface area (Å²) in [5, 5.41) is 8.66. The molecule has 0 bridgehead atoms. The van der Waals surface area contributed by atoms with Gasteiger partial charge in [-0.1, -0.05) is 0 Å². The molecule has 1 aliphatic heterocycles. The van der Waals surface area contributed by atoms with Crippen molar-refractivity contribution in [2.24, 2.45) is 0 Å². The van der Waals surface area contributed by atoms with Gasteiger partial charge in [0.25, 0.3) is 0 Å². The molecule has 0 aromatic carbocycles. The Balaban J connectivity index is 2.49. The van der Waals surface area contributed by atoms with E-state index >= 15 is 0 Å². The lowest BCUT2D eigenvalue weighted by Crippen LogP contribution is -2.37. The normalized spacial score (nSPS) is 18.2. The van der Waals surface area contributed by atoms with E-state index in [0.29, 0.717) is 6.54 Å². The van der Waals surface area contributed by atoms with Crippen molar-refractivity contribution in [1.82, 2.24) is 9.80 Å². The van der Waals surface area contributed by atoms with Gasteiger partial charge in [-0.15, -0.1) is 0 Å². The zero-order valence-corrected chi connectivity index (χ0v) is 7.66. The molecule has 1 N–H and O–H groups in total. The first-order valence-electron chi connectivity index (χ1n) is 4.33. The van der Waals surface area contributed by atoms with Crippen LogP contribution in [0.2, 0.25) is 0 Å². The molecule has 0 atom stereocenters. The first-order chi connectivity index (χ1) is 5.66. The molecule has 2 amide bonds. The van der Waals surface area contributed by atoms with Crippen LogP contribution in [0.4, 0.5) is 4.79 Å². The van der Waals surface area contributed by atoms with Crippen molar-refractivity contribution in [3.63, 3.8) is 0 Å². The Hall–Kier alpha value is -0.770. The number of urea groups is 1. The van der Waals surface area contributed by atoms with Crippen molar-refractivity contribution >= 4 is 6.03 Å². The number of carbonyl (C=O) groups is 1. The largest absolute Gasteiger partial charge is 0.395 e. The first kappa shape index (κ1) is 9.32. The van der Waals surface area contributed by atoms with Gasteiger partial charge in [0.2, 0.25) is 0 Å². The van der Waals surface area contributed by atoms with E-state index in [-0.39, 0.29) is 18.7 Å². The van der Waals surface area contributed by atoms with Crippen molar-refractivity contribution in [2.75, 3.05) is 26.2 Å². The van der Waals surface area contributed by atoms with Crippen molar-refractivity contribution in [1.29, 1.82) is 0 Å². The molecule has 4 nitrogen and oxygen atoms in total. The average Bonchev–Trinajstić information content (AvgIpc) is 2.34. The highest BCUT2D eigenvalue weighted by atomic mass is 16.3. The minimum atomic E-state index is 0.0532. The maximum Gasteiger partial charge on any atom is 0.320 e. The molecule has 0 radical (unpaired) electrons. The molecular formula is C8H16N2O2. The third-order valence-corrected chi connectivity index (χ3v) is 2.12. The van der Waals surface area contributed by atoms with E-state index in [2.05, 4.69) is 0 Å². The van der Waals surface area contributed by atoms with Crippen LogP contribution in [0.3, 0.4) is 0 Å². The second kappa shape index (κ2) is 3.76. The Bertz CT molecular complexity index is 170. The molecule has 0 spiro atoms. The fraction of sp³-hybridized carbons (Fsp3) is 0.875. The van der Waals surface area contributed by atoms with E-state index in [1.165, 1.54) is 0 Å². The molecule has 0 unspecified atom stereocenters. The molecule has 1 fully saturated rings. The number of aliphatic hydroxyl groups excluding tert-OH is 1. The quantitative estimate of drug-likeness (QED) is 0.657. The van der Waals surface area contributed by atoms with Crippen LogP contribution in [0.15, 0.2) is 0 Å². The highest BCUT2D eigenvalue weighted by molar-refractivity contribution is 5.76. The van der Waals surface area contributed by atoms with Gasteiger partial charge >= 0.3 is 6.03 Å². The van der Waals surface area contributed by atoms with Crippen LogP contribution >= 0.6 is 0 Å². The molecule has 1 heterocycles. The SMILES string of the molecule is CC(C)N1CCN(CCO)C1=O. The fourth-order valence-electron chi connectivity index (χ4n) is 1.41. The number of amides is 2. The van der Waals surface area contributed by atoms with Gasteiger partial charge in [-0.3, -0.25) is 0 Å². The van der Waals surface area contributed by atoms with Crippen LogP contribution in [0.5, 0.6) is 0 Å². The lowest BCUT2D eigenvalue weighted by Gasteiger charge is -2.21. The lowest BCUT2D eigenvalue weighted by molar-refractivity contribution is 0.172. The number of aliphatic hydroxyl groups is 1. The molecule has 12 heavy (non-hydrogen) atoms. The zero-order valence-electron chi connectivity index (χ0n) is 7.66. The summed E-state index contributed by atoms with van der Waals surface area (Å²) >= 11 is 0. The van der Waals surface area contributed by atoms with E-state index in [1.807, 2.05) is 18.7 Å². The van der Waals surface area contributed by atoms with Crippen molar-refractivity contribution in [3.05, 3.63) is 0 Å². The highest BCUT2D eigenvalue weighted by Crippen LogP contribution is 2.10. The van der Waals surface area contributed by atoms with E-state index in [0.717, 1.165) is 13.1 Å². The number of β-amino-alcohol motifs (C(OH)–C–C–N with tert-alkyl or cyclic N) is 1. The van der Waals surface area contributed by atoms with Crippen LogP contribution in [-0.4, -0.2) is 53.2 Å². The molecule has 0 aliphatic carbocycles. The molecule has 0 saturated carbocycles. The van der Waals surface area contributed by atoms with Crippen LogP contribution in [-0.2, 0) is 0 Å². The van der Waals surface area contributed by atoms with Gasteiger partial charge < -0.3 is 14.9 Å². The molecule has 0 aromatic heterocycles. The summed E-state index contributed by atoms with van der Waals surface area (Å²) < 4.78 is 0. The van der Waals surface area contributed by atoms with Crippen LogP contribution in [0, 0.1) is 0 Å². The van der Waals surface area contributed by atoms with Gasteiger partial charge in [0.15, 0.2) is 0 Å². The minimum absolute atomic E-state index is 0.0532. The van der Waals surface area contributed by atoms with E-state index in [4.69, 9.17) is 5.11 Å². The molecule has 4 heteroatoms. The van der Waals surface area contributed by atoms with E-state index in [1.54, 1.807) is 4.90 Å². The predicted molar refractivity (Wildman–Crippen MR) is 45.9 cm³/mol. The second-order valence-corrected chi connectivity index (χ2v) is 3.28. The van der Waals surface area contributed by atoms with Gasteiger partial charge in [0, 0.05) is 25.7 Å². The van der Waals surface area contributed by atoms with Gasteiger partial charge in [0.05, 0.1) is 6.61 Å². The predicted octanol–water partition coefficient (Wildman–Crippen LogP) is 0.125. The summed E-state index contributed by atoms with van der Waals surface area (Å²) in [4.78, 5) is 15.0. The van der Waals surface area contributed by atoms with Crippen LogP contribution < -0.4 is 0 Å². The molecule has 70 valence electrons. The molecule has 0 aromatic rings.